The number of carbonyl (C=O) groups excluding carboxylic acids is 2. The summed E-state index contributed by atoms with van der Waals surface area (Å²) >= 11 is 0. The Hall–Kier alpha value is -1.86. The number of hydrogen-bond acceptors (Lipinski definition) is 10. The molecule has 1 amide bonds. The first-order chi connectivity index (χ1) is 32.2. The van der Waals surface area contributed by atoms with Gasteiger partial charge in [-0.05, 0) is 57.8 Å². The maximum Gasteiger partial charge on any atom is 0.305 e. The Balaban J connectivity index is 2.08. The molecule has 0 aromatic carbocycles. The third-order valence-electron chi connectivity index (χ3n) is 13.1. The van der Waals surface area contributed by atoms with Crippen molar-refractivity contribution in [3.63, 3.8) is 0 Å². The molecule has 1 saturated heterocycles. The van der Waals surface area contributed by atoms with Gasteiger partial charge in [0.1, 0.15) is 24.4 Å². The minimum absolute atomic E-state index is 0.0354. The number of allylic oxidation sites excluding steroid dienone is 3. The number of aliphatic hydroxyl groups is 5. The fourth-order valence-electron chi connectivity index (χ4n) is 8.60. The van der Waals surface area contributed by atoms with Crippen LogP contribution in [0.2, 0.25) is 0 Å². The van der Waals surface area contributed by atoms with Crippen LogP contribution in [-0.2, 0) is 23.8 Å². The van der Waals surface area contributed by atoms with Crippen molar-refractivity contribution in [1.82, 2.24) is 5.32 Å². The Morgan fingerprint density at radius 2 is 0.970 bits per heavy atom. The lowest BCUT2D eigenvalue weighted by atomic mass is 9.99. The zero-order chi connectivity index (χ0) is 48.1. The number of rotatable bonds is 47. The molecule has 0 aliphatic carbocycles. The van der Waals surface area contributed by atoms with Gasteiger partial charge in [0.25, 0.3) is 0 Å². The minimum Gasteiger partial charge on any atom is -0.466 e. The zero-order valence-corrected chi connectivity index (χ0v) is 42.4. The van der Waals surface area contributed by atoms with E-state index in [-0.39, 0.29) is 18.5 Å². The van der Waals surface area contributed by atoms with Crippen LogP contribution in [0.25, 0.3) is 0 Å². The van der Waals surface area contributed by atoms with Gasteiger partial charge in [-0.15, -0.1) is 0 Å². The molecule has 1 heterocycles. The number of hydrogen-bond donors (Lipinski definition) is 6. The van der Waals surface area contributed by atoms with Gasteiger partial charge in [-0.25, -0.2) is 0 Å². The number of ether oxygens (including phenoxy) is 3. The average Bonchev–Trinajstić information content (AvgIpc) is 3.31. The lowest BCUT2D eigenvalue weighted by molar-refractivity contribution is -0.302. The highest BCUT2D eigenvalue weighted by Gasteiger charge is 2.44. The van der Waals surface area contributed by atoms with Crippen molar-refractivity contribution in [2.45, 2.75) is 294 Å². The molecule has 7 unspecified atom stereocenters. The minimum atomic E-state index is -1.57. The second-order valence-corrected chi connectivity index (χ2v) is 19.3. The highest BCUT2D eigenvalue weighted by Crippen LogP contribution is 2.23. The highest BCUT2D eigenvalue weighted by atomic mass is 16.7. The summed E-state index contributed by atoms with van der Waals surface area (Å²) in [7, 11) is 0. The van der Waals surface area contributed by atoms with Crippen LogP contribution in [-0.4, -0.2) is 100 Å². The Labute approximate surface area is 403 Å². The topological polar surface area (TPSA) is 175 Å². The molecule has 0 aromatic heterocycles. The van der Waals surface area contributed by atoms with Crippen molar-refractivity contribution in [3.8, 4) is 0 Å². The molecule has 0 radical (unpaired) electrons. The summed E-state index contributed by atoms with van der Waals surface area (Å²) in [6.45, 7) is 4.26. The molecule has 1 fully saturated rings. The number of nitrogens with one attached hydrogen (secondary N) is 1. The SMILES string of the molecule is CCCCCCCCC/C=C\CCCCCCCC(=O)OCCCCCCCCCCCCCCCC(=O)NC(COC1OC(CO)C(O)C(O)C1O)C(O)/C=C/CCCCCCCCC. The Morgan fingerprint density at radius 1 is 0.545 bits per heavy atom. The van der Waals surface area contributed by atoms with Crippen LogP contribution in [0.4, 0.5) is 0 Å². The molecular formula is C55H103NO10. The number of aliphatic hydroxyl groups excluding tert-OH is 5. The molecule has 0 spiro atoms. The first-order valence-electron chi connectivity index (χ1n) is 27.6. The van der Waals surface area contributed by atoms with Gasteiger partial charge in [-0.2, -0.15) is 0 Å². The Bertz CT molecular complexity index is 1150. The van der Waals surface area contributed by atoms with Crippen molar-refractivity contribution < 1.29 is 49.3 Å². The van der Waals surface area contributed by atoms with Crippen LogP contribution >= 0.6 is 0 Å². The van der Waals surface area contributed by atoms with Crippen LogP contribution in [0.15, 0.2) is 24.3 Å². The first kappa shape index (κ1) is 62.2. The second-order valence-electron chi connectivity index (χ2n) is 19.3. The van der Waals surface area contributed by atoms with E-state index in [4.69, 9.17) is 14.2 Å². The maximum atomic E-state index is 13.0. The van der Waals surface area contributed by atoms with Gasteiger partial charge < -0.3 is 45.1 Å². The molecule has 1 rings (SSSR count). The van der Waals surface area contributed by atoms with Crippen LogP contribution < -0.4 is 5.32 Å². The van der Waals surface area contributed by atoms with Crippen LogP contribution in [0.1, 0.15) is 251 Å². The van der Waals surface area contributed by atoms with Crippen molar-refractivity contribution >= 4 is 11.9 Å². The predicted octanol–water partition coefficient (Wildman–Crippen LogP) is 11.8. The third kappa shape index (κ3) is 35.3. The lowest BCUT2D eigenvalue weighted by Gasteiger charge is -2.40. The number of unbranched alkanes of at least 4 members (excludes halogenated alkanes) is 31. The van der Waals surface area contributed by atoms with Crippen molar-refractivity contribution in [2.75, 3.05) is 19.8 Å². The van der Waals surface area contributed by atoms with E-state index >= 15 is 0 Å². The first-order valence-corrected chi connectivity index (χ1v) is 27.6. The van der Waals surface area contributed by atoms with E-state index in [1.165, 1.54) is 154 Å². The molecule has 0 bridgehead atoms. The summed E-state index contributed by atoms with van der Waals surface area (Å²) in [6.07, 6.45) is 42.6. The fourth-order valence-corrected chi connectivity index (χ4v) is 8.60. The number of esters is 1. The summed E-state index contributed by atoms with van der Waals surface area (Å²) < 4.78 is 16.7. The monoisotopic (exact) mass is 938 g/mol. The lowest BCUT2D eigenvalue weighted by Crippen LogP contribution is -2.60. The summed E-state index contributed by atoms with van der Waals surface area (Å²) in [5.41, 5.74) is 0. The summed E-state index contributed by atoms with van der Waals surface area (Å²) in [6, 6.07) is -0.818. The summed E-state index contributed by atoms with van der Waals surface area (Å²) in [4.78, 5) is 25.1. The van der Waals surface area contributed by atoms with Crippen LogP contribution in [0, 0.1) is 0 Å². The standard InChI is InChI=1S/C55H103NO10/c1-3-5-7-9-11-13-14-15-16-17-20-23-27-31-35-39-43-51(60)64-44-40-36-32-28-24-21-18-19-22-26-30-34-38-42-50(59)56-47(48(58)41-37-33-29-25-12-10-8-6-4-2)46-65-55-54(63)53(62)52(61)49(45-57)66-55/h16-17,37,41,47-49,52-55,57-58,61-63H,3-15,18-36,38-40,42-46H2,1-2H3,(H,56,59)/b17-16-,41-37+. The average molecular weight is 938 g/mol. The molecule has 66 heavy (non-hydrogen) atoms. The largest absolute Gasteiger partial charge is 0.466 e. The van der Waals surface area contributed by atoms with Gasteiger partial charge in [0.15, 0.2) is 6.29 Å². The van der Waals surface area contributed by atoms with E-state index in [1.807, 2.05) is 6.08 Å². The predicted molar refractivity (Wildman–Crippen MR) is 269 cm³/mol. The number of carbonyl (C=O) groups is 2. The van der Waals surface area contributed by atoms with Gasteiger partial charge in [0.2, 0.25) is 5.91 Å². The van der Waals surface area contributed by atoms with E-state index in [0.29, 0.717) is 19.4 Å². The smallest absolute Gasteiger partial charge is 0.305 e. The highest BCUT2D eigenvalue weighted by molar-refractivity contribution is 5.76. The van der Waals surface area contributed by atoms with E-state index in [9.17, 15) is 35.1 Å². The Morgan fingerprint density at radius 3 is 1.45 bits per heavy atom. The molecule has 7 atom stereocenters. The van der Waals surface area contributed by atoms with E-state index in [2.05, 4.69) is 31.3 Å². The fraction of sp³-hybridized carbons (Fsp3) is 0.891. The van der Waals surface area contributed by atoms with Gasteiger partial charge >= 0.3 is 5.97 Å². The normalized spacial score (nSPS) is 19.8. The molecule has 0 saturated carbocycles. The molecule has 1 aliphatic heterocycles. The van der Waals surface area contributed by atoms with Crippen molar-refractivity contribution in [2.24, 2.45) is 0 Å². The number of amides is 1. The van der Waals surface area contributed by atoms with Crippen LogP contribution in [0.5, 0.6) is 0 Å². The van der Waals surface area contributed by atoms with Crippen LogP contribution in [0.3, 0.4) is 0 Å². The Kier molecular flexibility index (Phi) is 42.9. The molecule has 388 valence electrons. The molecule has 0 aromatic rings. The molecule has 1 aliphatic rings. The molecule has 6 N–H and O–H groups in total. The van der Waals surface area contributed by atoms with E-state index in [1.54, 1.807) is 6.08 Å². The van der Waals surface area contributed by atoms with Gasteiger partial charge in [0.05, 0.1) is 32.0 Å². The van der Waals surface area contributed by atoms with E-state index in [0.717, 1.165) is 70.6 Å². The quantitative estimate of drug-likeness (QED) is 0.0196. The zero-order valence-electron chi connectivity index (χ0n) is 42.4. The molecule has 11 heteroatoms. The maximum absolute atomic E-state index is 13.0. The van der Waals surface area contributed by atoms with Crippen molar-refractivity contribution in [3.05, 3.63) is 24.3 Å². The van der Waals surface area contributed by atoms with Gasteiger partial charge in [-0.1, -0.05) is 205 Å². The summed E-state index contributed by atoms with van der Waals surface area (Å²) in [5, 5.41) is 54.1. The molecule has 11 nitrogen and oxygen atoms in total. The van der Waals surface area contributed by atoms with E-state index < -0.39 is 49.5 Å². The second kappa shape index (κ2) is 45.6. The van der Waals surface area contributed by atoms with Gasteiger partial charge in [0, 0.05) is 12.8 Å². The van der Waals surface area contributed by atoms with Gasteiger partial charge in [-0.3, -0.25) is 9.59 Å². The molecular weight excluding hydrogens is 835 g/mol. The van der Waals surface area contributed by atoms with Crippen molar-refractivity contribution in [1.29, 1.82) is 0 Å². The summed E-state index contributed by atoms with van der Waals surface area (Å²) in [5.74, 6) is -0.232. The third-order valence-corrected chi connectivity index (χ3v) is 13.1.